The Morgan fingerprint density at radius 3 is 3.00 bits per heavy atom. The van der Waals surface area contributed by atoms with E-state index >= 15 is 0 Å². The fraction of sp³-hybridized carbons (Fsp3) is 0.571. The molecule has 2 unspecified atom stereocenters. The maximum absolute atomic E-state index is 13.4. The van der Waals surface area contributed by atoms with Gasteiger partial charge in [0.15, 0.2) is 0 Å². The zero-order valence-corrected chi connectivity index (χ0v) is 12.7. The second kappa shape index (κ2) is 6.79. The van der Waals surface area contributed by atoms with Crippen LogP contribution in [0.15, 0.2) is 22.7 Å². The molecule has 2 rings (SSSR count). The molecule has 0 saturated carbocycles. The Morgan fingerprint density at radius 1 is 1.53 bits per heavy atom. The van der Waals surface area contributed by atoms with Crippen LogP contribution in [0, 0.1) is 5.82 Å². The predicted octanol–water partition coefficient (Wildman–Crippen LogP) is 2.70. The molecule has 1 aliphatic rings. The van der Waals surface area contributed by atoms with Crippen LogP contribution in [0.4, 0.5) is 4.39 Å². The summed E-state index contributed by atoms with van der Waals surface area (Å²) in [5.74, 6) is -0.239. The molecule has 5 heteroatoms. The summed E-state index contributed by atoms with van der Waals surface area (Å²) in [5, 5.41) is 0. The van der Waals surface area contributed by atoms with E-state index in [0.717, 1.165) is 31.5 Å². The average Bonchev–Trinajstić information content (AvgIpc) is 2.40. The van der Waals surface area contributed by atoms with Crippen molar-refractivity contribution in [3.05, 3.63) is 34.1 Å². The van der Waals surface area contributed by atoms with Crippen LogP contribution in [-0.4, -0.2) is 37.7 Å². The van der Waals surface area contributed by atoms with Crippen LogP contribution in [-0.2, 0) is 4.74 Å². The Labute approximate surface area is 122 Å². The third kappa shape index (κ3) is 3.54. The van der Waals surface area contributed by atoms with Gasteiger partial charge >= 0.3 is 0 Å². The van der Waals surface area contributed by atoms with Gasteiger partial charge in [0.2, 0.25) is 0 Å². The molecule has 19 heavy (non-hydrogen) atoms. The minimum atomic E-state index is -0.239. The Morgan fingerprint density at radius 2 is 2.32 bits per heavy atom. The predicted molar refractivity (Wildman–Crippen MR) is 77.5 cm³/mol. The van der Waals surface area contributed by atoms with E-state index in [2.05, 4.69) is 20.8 Å². The highest BCUT2D eigenvalue weighted by atomic mass is 79.9. The SMILES string of the molecule is COCCN1CCCC(N)C1c1ccc(F)c(Br)c1. The third-order valence-electron chi connectivity index (χ3n) is 3.65. The van der Waals surface area contributed by atoms with E-state index in [1.807, 2.05) is 12.1 Å². The minimum Gasteiger partial charge on any atom is -0.383 e. The van der Waals surface area contributed by atoms with Gasteiger partial charge in [-0.3, -0.25) is 4.90 Å². The average molecular weight is 331 g/mol. The number of halogens is 2. The fourth-order valence-corrected chi connectivity index (χ4v) is 3.11. The molecule has 1 saturated heterocycles. The van der Waals surface area contributed by atoms with Crippen LogP contribution in [0.3, 0.4) is 0 Å². The second-order valence-corrected chi connectivity index (χ2v) is 5.81. The van der Waals surface area contributed by atoms with E-state index in [-0.39, 0.29) is 17.9 Å². The Kier molecular flexibility index (Phi) is 5.33. The fourth-order valence-electron chi connectivity index (χ4n) is 2.71. The highest BCUT2D eigenvalue weighted by Gasteiger charge is 2.30. The topological polar surface area (TPSA) is 38.5 Å². The number of benzene rings is 1. The summed E-state index contributed by atoms with van der Waals surface area (Å²) < 4.78 is 19.0. The quantitative estimate of drug-likeness (QED) is 0.922. The van der Waals surface area contributed by atoms with E-state index in [1.165, 1.54) is 6.07 Å². The number of hydrogen-bond acceptors (Lipinski definition) is 3. The van der Waals surface area contributed by atoms with E-state index in [9.17, 15) is 4.39 Å². The molecule has 2 N–H and O–H groups in total. The summed E-state index contributed by atoms with van der Waals surface area (Å²) in [4.78, 5) is 2.33. The zero-order valence-electron chi connectivity index (χ0n) is 11.1. The Balaban J connectivity index is 2.22. The van der Waals surface area contributed by atoms with E-state index in [4.69, 9.17) is 10.5 Å². The molecular weight excluding hydrogens is 311 g/mol. The van der Waals surface area contributed by atoms with Crippen molar-refractivity contribution < 1.29 is 9.13 Å². The van der Waals surface area contributed by atoms with Gasteiger partial charge in [0.05, 0.1) is 17.1 Å². The lowest BCUT2D eigenvalue weighted by molar-refractivity contribution is 0.0847. The standard InChI is InChI=1S/C14H20BrFN2O/c1-19-8-7-18-6-2-3-13(17)14(18)10-4-5-12(16)11(15)9-10/h4-5,9,13-14H,2-3,6-8,17H2,1H3. The van der Waals surface area contributed by atoms with Crippen molar-refractivity contribution >= 4 is 15.9 Å². The number of methoxy groups -OCH3 is 1. The van der Waals surface area contributed by atoms with Crippen molar-refractivity contribution in [2.24, 2.45) is 5.73 Å². The number of rotatable bonds is 4. The Bertz CT molecular complexity index is 430. The first-order valence-corrected chi connectivity index (χ1v) is 7.36. The van der Waals surface area contributed by atoms with Gasteiger partial charge in [-0.05, 0) is 53.0 Å². The monoisotopic (exact) mass is 330 g/mol. The van der Waals surface area contributed by atoms with Gasteiger partial charge in [0.25, 0.3) is 0 Å². The molecule has 0 spiro atoms. The summed E-state index contributed by atoms with van der Waals surface area (Å²) >= 11 is 3.25. The van der Waals surface area contributed by atoms with E-state index in [0.29, 0.717) is 11.1 Å². The minimum absolute atomic E-state index is 0.0861. The summed E-state index contributed by atoms with van der Waals surface area (Å²) in [5.41, 5.74) is 7.34. The van der Waals surface area contributed by atoms with Crippen molar-refractivity contribution in [3.8, 4) is 0 Å². The van der Waals surface area contributed by atoms with Gasteiger partial charge in [-0.1, -0.05) is 6.07 Å². The summed E-state index contributed by atoms with van der Waals surface area (Å²) in [6, 6.07) is 5.39. The molecule has 1 fully saturated rings. The molecule has 3 nitrogen and oxygen atoms in total. The molecule has 1 aromatic carbocycles. The second-order valence-electron chi connectivity index (χ2n) is 4.95. The first kappa shape index (κ1) is 14.9. The molecular formula is C14H20BrFN2O. The van der Waals surface area contributed by atoms with Gasteiger partial charge in [0, 0.05) is 19.7 Å². The van der Waals surface area contributed by atoms with Crippen LogP contribution < -0.4 is 5.73 Å². The van der Waals surface area contributed by atoms with Crippen LogP contribution in [0.2, 0.25) is 0 Å². The lowest BCUT2D eigenvalue weighted by Crippen LogP contribution is -2.46. The first-order valence-electron chi connectivity index (χ1n) is 6.57. The van der Waals surface area contributed by atoms with Gasteiger partial charge in [-0.15, -0.1) is 0 Å². The lowest BCUT2D eigenvalue weighted by Gasteiger charge is -2.40. The van der Waals surface area contributed by atoms with E-state index < -0.39 is 0 Å². The molecule has 2 atom stereocenters. The molecule has 1 aliphatic heterocycles. The summed E-state index contributed by atoms with van der Waals surface area (Å²) in [6.45, 7) is 2.55. The van der Waals surface area contributed by atoms with Crippen molar-refractivity contribution in [1.29, 1.82) is 0 Å². The number of hydrogen-bond donors (Lipinski definition) is 1. The number of piperidine rings is 1. The number of likely N-dealkylation sites (tertiary alicyclic amines) is 1. The molecule has 0 aliphatic carbocycles. The first-order chi connectivity index (χ1) is 9.13. The summed E-state index contributed by atoms with van der Waals surface area (Å²) in [7, 11) is 1.70. The van der Waals surface area contributed by atoms with Crippen molar-refractivity contribution in [3.63, 3.8) is 0 Å². The number of ether oxygens (including phenoxy) is 1. The highest BCUT2D eigenvalue weighted by molar-refractivity contribution is 9.10. The van der Waals surface area contributed by atoms with Gasteiger partial charge in [0.1, 0.15) is 5.82 Å². The van der Waals surface area contributed by atoms with Crippen LogP contribution in [0.5, 0.6) is 0 Å². The number of nitrogens with zero attached hydrogens (tertiary/aromatic N) is 1. The highest BCUT2D eigenvalue weighted by Crippen LogP contribution is 2.32. The molecule has 106 valence electrons. The molecule has 0 bridgehead atoms. The molecule has 0 amide bonds. The maximum atomic E-state index is 13.4. The maximum Gasteiger partial charge on any atom is 0.137 e. The van der Waals surface area contributed by atoms with Gasteiger partial charge < -0.3 is 10.5 Å². The molecule has 1 heterocycles. The molecule has 0 aromatic heterocycles. The number of nitrogens with two attached hydrogens (primary N) is 1. The molecule has 0 radical (unpaired) electrons. The van der Waals surface area contributed by atoms with Crippen molar-refractivity contribution in [1.82, 2.24) is 4.90 Å². The van der Waals surface area contributed by atoms with Crippen molar-refractivity contribution in [2.45, 2.75) is 24.9 Å². The van der Waals surface area contributed by atoms with Gasteiger partial charge in [-0.25, -0.2) is 4.39 Å². The zero-order chi connectivity index (χ0) is 13.8. The molecule has 1 aromatic rings. The van der Waals surface area contributed by atoms with Crippen LogP contribution >= 0.6 is 15.9 Å². The van der Waals surface area contributed by atoms with E-state index in [1.54, 1.807) is 7.11 Å². The lowest BCUT2D eigenvalue weighted by atomic mass is 9.91. The van der Waals surface area contributed by atoms with Crippen LogP contribution in [0.25, 0.3) is 0 Å². The van der Waals surface area contributed by atoms with Crippen molar-refractivity contribution in [2.75, 3.05) is 26.8 Å². The van der Waals surface area contributed by atoms with Crippen LogP contribution in [0.1, 0.15) is 24.4 Å². The summed E-state index contributed by atoms with van der Waals surface area (Å²) in [6.07, 6.45) is 2.10. The van der Waals surface area contributed by atoms with Gasteiger partial charge in [-0.2, -0.15) is 0 Å². The Hall–Kier alpha value is -0.490. The normalized spacial score (nSPS) is 24.6. The smallest absolute Gasteiger partial charge is 0.137 e. The largest absolute Gasteiger partial charge is 0.383 e. The third-order valence-corrected chi connectivity index (χ3v) is 4.26.